The number of hydrogen-bond donors (Lipinski definition) is 2. The monoisotopic (exact) mass is 398 g/mol. The Morgan fingerprint density at radius 1 is 1.43 bits per heavy atom. The molecule has 7 heteroatoms. The number of nitrogens with zero attached hydrogens (tertiary/aromatic N) is 2. The molecule has 6 nitrogen and oxygen atoms in total. The van der Waals surface area contributed by atoms with Gasteiger partial charge in [0.05, 0.1) is 11.6 Å². The first-order chi connectivity index (χ1) is 13.2. The zero-order chi connectivity index (χ0) is 20.1. The first-order valence-corrected chi connectivity index (χ1v) is 10.7. The predicted octanol–water partition coefficient (Wildman–Crippen LogP) is 2.91. The molecule has 0 aromatic heterocycles. The van der Waals surface area contributed by atoms with Crippen LogP contribution < -0.4 is 15.8 Å². The Labute approximate surface area is 169 Å². The maximum absolute atomic E-state index is 12.5. The third-order valence-corrected chi connectivity index (χ3v) is 6.99. The second kappa shape index (κ2) is 6.70. The van der Waals surface area contributed by atoms with E-state index in [0.29, 0.717) is 10.7 Å². The lowest BCUT2D eigenvalue weighted by atomic mass is 9.67. The van der Waals surface area contributed by atoms with E-state index in [0.717, 1.165) is 36.3 Å². The van der Waals surface area contributed by atoms with Crippen LogP contribution in [0.2, 0.25) is 0 Å². The van der Waals surface area contributed by atoms with Gasteiger partial charge >= 0.3 is 0 Å². The molecule has 0 saturated heterocycles. The number of nitrogens with two attached hydrogens (primary N) is 1. The molecule has 1 saturated carbocycles. The van der Waals surface area contributed by atoms with E-state index < -0.39 is 11.0 Å². The number of nitriles is 1. The zero-order valence-corrected chi connectivity index (χ0v) is 17.3. The maximum Gasteiger partial charge on any atom is 0.225 e. The summed E-state index contributed by atoms with van der Waals surface area (Å²) >= 11 is 1.56. The average molecular weight is 399 g/mol. The van der Waals surface area contributed by atoms with Gasteiger partial charge in [-0.05, 0) is 37.5 Å². The van der Waals surface area contributed by atoms with E-state index in [9.17, 15) is 10.1 Å². The normalized spacial score (nSPS) is 31.2. The van der Waals surface area contributed by atoms with Crippen LogP contribution in [0.15, 0.2) is 23.2 Å². The Morgan fingerprint density at radius 3 is 2.86 bits per heavy atom. The lowest BCUT2D eigenvalue weighted by molar-refractivity contribution is -0.130. The Kier molecular flexibility index (Phi) is 4.58. The first-order valence-electron chi connectivity index (χ1n) is 9.73. The van der Waals surface area contributed by atoms with Crippen LogP contribution in [0.25, 0.3) is 0 Å². The number of carbonyl (C=O) groups excluding carboxylic acids is 1. The number of nitrogens with one attached hydrogen (secondary N) is 1. The Hall–Kier alpha value is -2.20. The molecule has 2 heterocycles. The van der Waals surface area contributed by atoms with E-state index in [1.165, 1.54) is 0 Å². The van der Waals surface area contributed by atoms with Crippen LogP contribution in [-0.4, -0.2) is 29.0 Å². The van der Waals surface area contributed by atoms with Gasteiger partial charge in [0.15, 0.2) is 5.17 Å². The minimum absolute atomic E-state index is 0.0403. The number of rotatable bonds is 1. The van der Waals surface area contributed by atoms with Crippen molar-refractivity contribution in [2.45, 2.75) is 57.7 Å². The molecule has 3 aliphatic rings. The summed E-state index contributed by atoms with van der Waals surface area (Å²) in [5, 5.41) is 13.2. The van der Waals surface area contributed by atoms with Gasteiger partial charge in [0.2, 0.25) is 5.91 Å². The molecule has 148 valence electrons. The van der Waals surface area contributed by atoms with Crippen molar-refractivity contribution in [3.8, 4) is 11.8 Å². The molecule has 2 aliphatic heterocycles. The summed E-state index contributed by atoms with van der Waals surface area (Å²) in [6.07, 6.45) is 2.58. The van der Waals surface area contributed by atoms with Gasteiger partial charge in [-0.2, -0.15) is 5.26 Å². The number of carbonyl (C=O) groups is 1. The number of amidine groups is 1. The van der Waals surface area contributed by atoms with Gasteiger partial charge < -0.3 is 15.8 Å². The molecule has 1 amide bonds. The predicted molar refractivity (Wildman–Crippen MR) is 110 cm³/mol. The Morgan fingerprint density at radius 2 is 2.21 bits per heavy atom. The molecule has 1 aromatic carbocycles. The fraction of sp³-hybridized carbons (Fsp3) is 0.571. The second-order valence-electron chi connectivity index (χ2n) is 8.98. The smallest absolute Gasteiger partial charge is 0.225 e. The molecule has 4 rings (SSSR count). The SMILES string of the molecule is CC(C)(C)C(=O)NC1CC[C@@H]2Oc3ccc(C#N)cc3[C@@]3(CSC(N)=N3)[C@H]2C1. The molecule has 1 unspecified atom stereocenters. The van der Waals surface area contributed by atoms with E-state index in [2.05, 4.69) is 11.4 Å². The van der Waals surface area contributed by atoms with Gasteiger partial charge in [-0.1, -0.05) is 32.5 Å². The molecule has 0 radical (unpaired) electrons. The lowest BCUT2D eigenvalue weighted by Crippen LogP contribution is -2.55. The number of amides is 1. The van der Waals surface area contributed by atoms with Gasteiger partial charge in [-0.25, -0.2) is 4.99 Å². The van der Waals surface area contributed by atoms with Crippen molar-refractivity contribution in [1.82, 2.24) is 5.32 Å². The van der Waals surface area contributed by atoms with Crippen LogP contribution in [0.3, 0.4) is 0 Å². The molecular formula is C21H26N4O2S. The quantitative estimate of drug-likeness (QED) is 0.757. The van der Waals surface area contributed by atoms with Gasteiger partial charge in [-0.15, -0.1) is 0 Å². The molecule has 0 bridgehead atoms. The summed E-state index contributed by atoms with van der Waals surface area (Å²) in [4.78, 5) is 17.4. The molecule has 1 aliphatic carbocycles. The van der Waals surface area contributed by atoms with Gasteiger partial charge in [-0.3, -0.25) is 4.79 Å². The van der Waals surface area contributed by atoms with Crippen LogP contribution >= 0.6 is 11.8 Å². The number of benzene rings is 1. The van der Waals surface area contributed by atoms with E-state index in [1.807, 2.05) is 32.9 Å². The number of ether oxygens (including phenoxy) is 1. The van der Waals surface area contributed by atoms with Crippen LogP contribution in [0, 0.1) is 22.7 Å². The Balaban J connectivity index is 1.70. The summed E-state index contributed by atoms with van der Waals surface area (Å²) in [5.74, 6) is 1.72. The number of aliphatic imine (C=N–C) groups is 1. The number of fused-ring (bicyclic) bond motifs is 4. The zero-order valence-electron chi connectivity index (χ0n) is 16.5. The highest BCUT2D eigenvalue weighted by molar-refractivity contribution is 8.14. The summed E-state index contributed by atoms with van der Waals surface area (Å²) < 4.78 is 6.34. The largest absolute Gasteiger partial charge is 0.490 e. The lowest BCUT2D eigenvalue weighted by Gasteiger charge is -2.49. The average Bonchev–Trinajstić information content (AvgIpc) is 3.04. The van der Waals surface area contributed by atoms with Crippen molar-refractivity contribution in [2.75, 3.05) is 5.75 Å². The Bertz CT molecular complexity index is 885. The van der Waals surface area contributed by atoms with Crippen molar-refractivity contribution in [1.29, 1.82) is 5.26 Å². The van der Waals surface area contributed by atoms with Crippen LogP contribution in [-0.2, 0) is 10.3 Å². The fourth-order valence-electron chi connectivity index (χ4n) is 4.50. The summed E-state index contributed by atoms with van der Waals surface area (Å²) in [6, 6.07) is 7.88. The summed E-state index contributed by atoms with van der Waals surface area (Å²) in [6.45, 7) is 5.78. The second-order valence-corrected chi connectivity index (χ2v) is 9.98. The minimum atomic E-state index is -0.495. The fourth-order valence-corrected chi connectivity index (χ4v) is 5.53. The highest BCUT2D eigenvalue weighted by Gasteiger charge is 2.54. The summed E-state index contributed by atoms with van der Waals surface area (Å²) in [5.41, 5.74) is 6.73. The topological polar surface area (TPSA) is 100 Å². The van der Waals surface area contributed by atoms with Crippen LogP contribution in [0.1, 0.15) is 51.2 Å². The molecule has 28 heavy (non-hydrogen) atoms. The van der Waals surface area contributed by atoms with E-state index in [1.54, 1.807) is 17.8 Å². The highest BCUT2D eigenvalue weighted by atomic mass is 32.2. The minimum Gasteiger partial charge on any atom is -0.490 e. The van der Waals surface area contributed by atoms with Gasteiger partial charge in [0, 0.05) is 28.7 Å². The van der Waals surface area contributed by atoms with E-state index in [-0.39, 0.29) is 24.0 Å². The van der Waals surface area contributed by atoms with E-state index in [4.69, 9.17) is 15.5 Å². The third-order valence-electron chi connectivity index (χ3n) is 6.02. The molecule has 1 aromatic rings. The van der Waals surface area contributed by atoms with Crippen molar-refractivity contribution in [3.05, 3.63) is 29.3 Å². The van der Waals surface area contributed by atoms with Crippen molar-refractivity contribution < 1.29 is 9.53 Å². The van der Waals surface area contributed by atoms with Crippen molar-refractivity contribution in [3.63, 3.8) is 0 Å². The van der Waals surface area contributed by atoms with Crippen LogP contribution in [0.5, 0.6) is 5.75 Å². The van der Waals surface area contributed by atoms with Gasteiger partial charge in [0.25, 0.3) is 0 Å². The first kappa shape index (κ1) is 19.1. The van der Waals surface area contributed by atoms with Crippen molar-refractivity contribution >= 4 is 22.8 Å². The van der Waals surface area contributed by atoms with Gasteiger partial charge in [0.1, 0.15) is 17.4 Å². The van der Waals surface area contributed by atoms with Crippen molar-refractivity contribution in [2.24, 2.45) is 22.1 Å². The molecule has 1 fully saturated rings. The molecule has 3 N–H and O–H groups in total. The number of thioether (sulfide) groups is 1. The molecule has 1 spiro atoms. The highest BCUT2D eigenvalue weighted by Crippen LogP contribution is 2.54. The van der Waals surface area contributed by atoms with Crippen LogP contribution in [0.4, 0.5) is 0 Å². The molecular weight excluding hydrogens is 372 g/mol. The molecule has 4 atom stereocenters. The van der Waals surface area contributed by atoms with E-state index >= 15 is 0 Å². The summed E-state index contributed by atoms with van der Waals surface area (Å²) in [7, 11) is 0. The standard InChI is InChI=1S/C21H26N4O2S/c1-20(2,3)18(26)24-13-5-7-17-15(9-13)21(11-28-19(23)25-21)14-8-12(10-22)4-6-16(14)27-17/h4,6,8,13,15,17H,5,7,9,11H2,1-3H3,(H2,23,25)(H,24,26)/t13?,15-,17-,21-/m0/s1. The third kappa shape index (κ3) is 3.14. The maximum atomic E-state index is 12.5. The number of hydrogen-bond acceptors (Lipinski definition) is 6.